The molecule has 0 bridgehead atoms. The topological polar surface area (TPSA) is 140 Å². The molecule has 2 saturated heterocycles. The largest absolute Gasteiger partial charge is 0.504 e. The van der Waals surface area contributed by atoms with Crippen molar-refractivity contribution in [2.45, 2.75) is 32.6 Å². The van der Waals surface area contributed by atoms with Crippen LogP contribution in [0.2, 0.25) is 5.02 Å². The number of imide groups is 2. The Morgan fingerprint density at radius 2 is 1.62 bits per heavy atom. The van der Waals surface area contributed by atoms with Gasteiger partial charge in [-0.15, -0.1) is 11.3 Å². The number of nitrogens with zero attached hydrogens (tertiary/aromatic N) is 4. The lowest BCUT2D eigenvalue weighted by atomic mass is 9.51. The first-order valence-electron chi connectivity index (χ1n) is 21.4. The molecule has 6 atom stereocenters. The average Bonchev–Trinajstić information content (AvgIpc) is 3.99. The van der Waals surface area contributed by atoms with E-state index in [9.17, 15) is 14.7 Å². The van der Waals surface area contributed by atoms with Gasteiger partial charge in [-0.2, -0.15) is 5.10 Å². The molecule has 1 saturated carbocycles. The molecule has 6 unspecified atom stereocenters. The van der Waals surface area contributed by atoms with E-state index in [1.807, 2.05) is 109 Å². The van der Waals surface area contributed by atoms with Crippen molar-refractivity contribution in [3.05, 3.63) is 121 Å². The number of hydrogen-bond acceptors (Lipinski definition) is 10. The summed E-state index contributed by atoms with van der Waals surface area (Å²) in [4.78, 5) is 63.3. The molecule has 10 rings (SSSR count). The van der Waals surface area contributed by atoms with Gasteiger partial charge in [-0.3, -0.25) is 28.8 Å². The molecule has 4 heterocycles. The SMILES string of the molecule is COc1ccc(OC)c(C=Cc2ccc(N3C(=O)C4CC=C5C(CC6C(=O)N(c7cc(-c8sc9ccc(Cl)cc9c8C)nn7C)C(=O)C6(C)C5c5cc(I)c(O)c(OC)c5)C4C3=O)cc2)c1. The standard InChI is InChI=1S/C51H44ClIN4O8S/c1-25-34-22-29(52)11-18-41(34)66-46(25)38-24-42(55(3)54-38)57-48(60)36-23-35-32(44(51(36,2)50(57)62)28-20-37(53)45(58)40(21-28)65-6)15-16-33-43(35)49(61)56(47(33)59)30-12-8-26(9-13-30)7-10-27-19-31(63-4)14-17-39(27)64-5/h7-15,17-22,24,33,35-36,43-44,58H,16,23H2,1-6H3. The number of methoxy groups -OCH3 is 3. The lowest BCUT2D eigenvalue weighted by Gasteiger charge is -2.49. The van der Waals surface area contributed by atoms with Crippen molar-refractivity contribution < 1.29 is 38.5 Å². The van der Waals surface area contributed by atoms with Crippen molar-refractivity contribution in [2.75, 3.05) is 31.1 Å². The van der Waals surface area contributed by atoms with Crippen LogP contribution in [0, 0.1) is 39.6 Å². The van der Waals surface area contributed by atoms with Crippen LogP contribution in [0.3, 0.4) is 0 Å². The Kier molecular flexibility index (Phi) is 10.9. The summed E-state index contributed by atoms with van der Waals surface area (Å²) in [5, 5.41) is 17.4. The van der Waals surface area contributed by atoms with Gasteiger partial charge in [0, 0.05) is 34.3 Å². The van der Waals surface area contributed by atoms with Gasteiger partial charge in [-0.25, -0.2) is 4.90 Å². The number of halogens is 2. The maximum Gasteiger partial charge on any atom is 0.242 e. The van der Waals surface area contributed by atoms with E-state index in [0.29, 0.717) is 42.9 Å². The van der Waals surface area contributed by atoms with E-state index >= 15 is 9.59 Å². The minimum atomic E-state index is -1.32. The van der Waals surface area contributed by atoms with E-state index in [0.717, 1.165) is 37.2 Å². The van der Waals surface area contributed by atoms with Crippen molar-refractivity contribution in [2.24, 2.45) is 36.1 Å². The molecule has 2 aromatic heterocycles. The van der Waals surface area contributed by atoms with E-state index in [-0.39, 0.29) is 36.2 Å². The van der Waals surface area contributed by atoms with E-state index in [1.54, 1.807) is 61.6 Å². The van der Waals surface area contributed by atoms with Gasteiger partial charge in [-0.1, -0.05) is 47.5 Å². The van der Waals surface area contributed by atoms with Crippen molar-refractivity contribution in [3.8, 4) is 33.6 Å². The summed E-state index contributed by atoms with van der Waals surface area (Å²) in [5.74, 6) is -3.10. The molecule has 0 spiro atoms. The Morgan fingerprint density at radius 3 is 2.35 bits per heavy atom. The Hall–Kier alpha value is -5.97. The minimum absolute atomic E-state index is 0.0426. The number of phenols is 1. The third-order valence-electron chi connectivity index (χ3n) is 14.1. The second-order valence-electron chi connectivity index (χ2n) is 17.5. The quantitative estimate of drug-likeness (QED) is 0.0649. The van der Waals surface area contributed by atoms with Crippen LogP contribution in [-0.4, -0.2) is 59.8 Å². The molecule has 15 heteroatoms. The van der Waals surface area contributed by atoms with Gasteiger partial charge in [0.1, 0.15) is 23.0 Å². The fourth-order valence-corrected chi connectivity index (χ4v) is 12.8. The molecule has 3 fully saturated rings. The zero-order valence-corrected chi connectivity index (χ0v) is 40.5. The fraction of sp³-hybridized carbons (Fsp3) is 0.275. The first-order chi connectivity index (χ1) is 31.7. The second kappa shape index (κ2) is 16.4. The second-order valence-corrected chi connectivity index (χ2v) is 20.1. The van der Waals surface area contributed by atoms with Gasteiger partial charge in [0.25, 0.3) is 0 Å². The number of aryl methyl sites for hydroxylation is 2. The van der Waals surface area contributed by atoms with Crippen molar-refractivity contribution in [3.63, 3.8) is 0 Å². The van der Waals surface area contributed by atoms with Gasteiger partial charge >= 0.3 is 0 Å². The van der Waals surface area contributed by atoms with Crippen LogP contribution in [0.1, 0.15) is 47.9 Å². The van der Waals surface area contributed by atoms with Crippen LogP contribution in [0.15, 0.2) is 90.5 Å². The third-order valence-corrected chi connectivity index (χ3v) is 16.5. The van der Waals surface area contributed by atoms with E-state index in [1.165, 1.54) is 16.9 Å². The fourth-order valence-electron chi connectivity index (χ4n) is 10.9. The molecule has 6 aromatic rings. The maximum atomic E-state index is 15.4. The number of thiophene rings is 1. The maximum absolute atomic E-state index is 15.4. The van der Waals surface area contributed by atoms with Crippen LogP contribution in [0.4, 0.5) is 11.5 Å². The predicted octanol–water partition coefficient (Wildman–Crippen LogP) is 10.2. The Balaban J connectivity index is 1.01. The number of carbonyl (C=O) groups excluding carboxylic acids is 4. The highest BCUT2D eigenvalue weighted by Crippen LogP contribution is 2.64. The summed E-state index contributed by atoms with van der Waals surface area (Å²) in [5.41, 5.74) is 3.89. The van der Waals surface area contributed by atoms with Crippen molar-refractivity contribution in [1.82, 2.24) is 9.78 Å². The lowest BCUT2D eigenvalue weighted by Crippen LogP contribution is -2.49. The lowest BCUT2D eigenvalue weighted by molar-refractivity contribution is -0.131. The van der Waals surface area contributed by atoms with Crippen molar-refractivity contribution >= 4 is 103 Å². The average molecular weight is 1040 g/mol. The first kappa shape index (κ1) is 43.9. The third kappa shape index (κ3) is 6.68. The molecular weight excluding hydrogens is 991 g/mol. The number of amides is 4. The Morgan fingerprint density at radius 1 is 0.864 bits per heavy atom. The molecule has 4 aromatic carbocycles. The molecule has 4 amide bonds. The number of allylic oxidation sites excluding steroid dienone is 2. The van der Waals surface area contributed by atoms with Gasteiger partial charge in [0.15, 0.2) is 11.5 Å². The number of carbonyl (C=O) groups is 4. The summed E-state index contributed by atoms with van der Waals surface area (Å²) in [6, 6.07) is 23.8. The van der Waals surface area contributed by atoms with Gasteiger partial charge in [0.2, 0.25) is 23.6 Å². The number of hydrogen-bond donors (Lipinski definition) is 1. The molecule has 4 aliphatic rings. The van der Waals surface area contributed by atoms with Crippen LogP contribution >= 0.6 is 45.5 Å². The molecule has 2 aliphatic heterocycles. The number of aromatic hydroxyl groups is 1. The smallest absolute Gasteiger partial charge is 0.242 e. The van der Waals surface area contributed by atoms with Crippen LogP contribution in [0.5, 0.6) is 23.0 Å². The number of phenolic OH excluding ortho intramolecular Hbond substituents is 1. The molecular formula is C51H44ClIN4O8S. The normalized spacial score (nSPS) is 23.7. The predicted molar refractivity (Wildman–Crippen MR) is 263 cm³/mol. The molecule has 66 heavy (non-hydrogen) atoms. The van der Waals surface area contributed by atoms with Crippen LogP contribution in [0.25, 0.3) is 32.8 Å². The number of rotatable bonds is 9. The molecule has 12 nitrogen and oxygen atoms in total. The van der Waals surface area contributed by atoms with Gasteiger partial charge < -0.3 is 19.3 Å². The summed E-state index contributed by atoms with van der Waals surface area (Å²) in [7, 11) is 6.39. The van der Waals surface area contributed by atoms with Crippen LogP contribution < -0.4 is 24.0 Å². The van der Waals surface area contributed by atoms with Gasteiger partial charge in [0.05, 0.1) is 58.6 Å². The van der Waals surface area contributed by atoms with E-state index in [4.69, 9.17) is 30.9 Å². The summed E-state index contributed by atoms with van der Waals surface area (Å²) in [6.45, 7) is 3.84. The summed E-state index contributed by atoms with van der Waals surface area (Å²) >= 11 is 9.96. The number of anilines is 2. The summed E-state index contributed by atoms with van der Waals surface area (Å²) < 4.78 is 19.7. The highest BCUT2D eigenvalue weighted by molar-refractivity contribution is 14.1. The zero-order chi connectivity index (χ0) is 46.5. The van der Waals surface area contributed by atoms with Gasteiger partial charge in [-0.05, 0) is 138 Å². The number of benzene rings is 4. The Labute approximate surface area is 403 Å². The number of aromatic nitrogens is 2. The minimum Gasteiger partial charge on any atom is -0.504 e. The molecule has 0 radical (unpaired) electrons. The zero-order valence-electron chi connectivity index (χ0n) is 36.8. The highest BCUT2D eigenvalue weighted by atomic mass is 127. The molecule has 336 valence electrons. The van der Waals surface area contributed by atoms with E-state index < -0.39 is 46.8 Å². The number of fused-ring (bicyclic) bond motifs is 5. The molecule has 1 N–H and O–H groups in total. The Bertz CT molecular complexity index is 3120. The summed E-state index contributed by atoms with van der Waals surface area (Å²) in [6.07, 6.45) is 6.30. The first-order valence-corrected chi connectivity index (χ1v) is 23.7. The number of ether oxygens (including phenoxy) is 3. The monoisotopic (exact) mass is 1030 g/mol. The van der Waals surface area contributed by atoms with Crippen molar-refractivity contribution in [1.29, 1.82) is 0 Å². The van der Waals surface area contributed by atoms with Crippen LogP contribution in [-0.2, 0) is 26.2 Å². The highest BCUT2D eigenvalue weighted by Gasteiger charge is 2.68. The molecule has 2 aliphatic carbocycles. The van der Waals surface area contributed by atoms with E-state index in [2.05, 4.69) is 0 Å².